The number of carbonyl (C=O) groups is 2. The summed E-state index contributed by atoms with van der Waals surface area (Å²) >= 11 is 0.852. The molecule has 260 valence electrons. The van der Waals surface area contributed by atoms with E-state index in [0.717, 1.165) is 16.9 Å². The zero-order valence-electron chi connectivity index (χ0n) is 27.2. The first-order chi connectivity index (χ1) is 22.7. The molecule has 14 nitrogen and oxygen atoms in total. The molecular formula is C32H42N6O8S2. The first-order valence-electron chi connectivity index (χ1n) is 15.6. The number of hydrogen-bond acceptors (Lipinski definition) is 10. The Bertz CT molecular complexity index is 1670. The van der Waals surface area contributed by atoms with Gasteiger partial charge in [0.1, 0.15) is 5.75 Å². The maximum absolute atomic E-state index is 14.1. The number of phenolic OH excluding ortho intramolecular Hbond substituents is 1. The van der Waals surface area contributed by atoms with Gasteiger partial charge in [-0.25, -0.2) is 13.2 Å². The topological polar surface area (TPSA) is 195 Å². The van der Waals surface area contributed by atoms with Gasteiger partial charge in [-0.15, -0.1) is 0 Å². The van der Waals surface area contributed by atoms with Crippen molar-refractivity contribution in [1.82, 2.24) is 24.8 Å². The quantitative estimate of drug-likeness (QED) is 0.128. The van der Waals surface area contributed by atoms with Crippen LogP contribution in [0.3, 0.4) is 0 Å². The molecule has 1 unspecified atom stereocenters. The summed E-state index contributed by atoms with van der Waals surface area (Å²) in [5.41, 5.74) is 1.14. The summed E-state index contributed by atoms with van der Waals surface area (Å²) in [6, 6.07) is 12.4. The summed E-state index contributed by atoms with van der Waals surface area (Å²) in [5.74, 6) is -1.63. The molecule has 4 rings (SSSR count). The largest absolute Gasteiger partial charge is 0.508 e. The number of rotatable bonds is 16. The van der Waals surface area contributed by atoms with Gasteiger partial charge in [-0.3, -0.25) is 4.79 Å². The van der Waals surface area contributed by atoms with Gasteiger partial charge >= 0.3 is 11.2 Å². The van der Waals surface area contributed by atoms with Crippen molar-refractivity contribution in [3.63, 3.8) is 0 Å². The van der Waals surface area contributed by atoms with Crippen LogP contribution in [0.4, 0.5) is 9.93 Å². The molecule has 0 radical (unpaired) electrons. The Balaban J connectivity index is 1.60. The highest BCUT2D eigenvalue weighted by Gasteiger charge is 2.43. The molecule has 4 atom stereocenters. The molecular weight excluding hydrogens is 661 g/mol. The van der Waals surface area contributed by atoms with E-state index in [1.54, 1.807) is 0 Å². The van der Waals surface area contributed by atoms with Crippen LogP contribution in [-0.2, 0) is 27.8 Å². The fraction of sp³-hybridized carbons (Fsp3) is 0.469. The van der Waals surface area contributed by atoms with Gasteiger partial charge in [-0.05, 0) is 69.3 Å². The first kappa shape index (κ1) is 36.7. The normalized spacial score (nSPS) is 17.0. The van der Waals surface area contributed by atoms with E-state index in [9.17, 15) is 38.3 Å². The molecule has 1 aromatic heterocycles. The van der Waals surface area contributed by atoms with Crippen LogP contribution >= 0.6 is 11.3 Å². The smallest absolute Gasteiger partial charge is 0.423 e. The molecule has 1 aliphatic heterocycles. The van der Waals surface area contributed by atoms with Gasteiger partial charge in [0.2, 0.25) is 15.9 Å². The molecule has 1 aliphatic rings. The van der Waals surface area contributed by atoms with Crippen molar-refractivity contribution in [3.05, 3.63) is 81.3 Å². The van der Waals surface area contributed by atoms with Crippen molar-refractivity contribution in [2.24, 2.45) is 17.8 Å². The lowest BCUT2D eigenvalue weighted by Crippen LogP contribution is -2.55. The maximum atomic E-state index is 14.1. The Labute approximate surface area is 284 Å². The first-order valence-corrected chi connectivity index (χ1v) is 17.9. The predicted octanol–water partition coefficient (Wildman–Crippen LogP) is 3.36. The monoisotopic (exact) mass is 702 g/mol. The summed E-state index contributed by atoms with van der Waals surface area (Å²) in [6.07, 6.45) is -1.14. The zero-order chi connectivity index (χ0) is 35.2. The van der Waals surface area contributed by atoms with Crippen molar-refractivity contribution in [1.29, 1.82) is 0 Å². The zero-order valence-corrected chi connectivity index (χ0v) is 28.9. The minimum atomic E-state index is -4.08. The number of hydrogen-bond donors (Lipinski definition) is 4. The molecule has 2 heterocycles. The molecule has 0 spiro atoms. The molecule has 0 saturated carbocycles. The second-order valence-corrected chi connectivity index (χ2v) is 15.4. The van der Waals surface area contributed by atoms with Crippen LogP contribution in [0.25, 0.3) is 0 Å². The molecule has 4 N–H and O–H groups in total. The lowest BCUT2D eigenvalue weighted by atomic mass is 9.86. The fourth-order valence-electron chi connectivity index (χ4n) is 5.82. The van der Waals surface area contributed by atoms with Gasteiger partial charge in [-0.1, -0.05) is 58.0 Å². The SMILES string of the molecule is CC(C)CN(C[C@@H](O)[C@H](Cc1ccccc1)NC(=O)[C@@H](C(C)C)C1CNC(=O)N1Cc1csc([N+](=O)[O-])n1)S(=O)(=O)c1ccc(O)cc1. The van der Waals surface area contributed by atoms with E-state index in [4.69, 9.17) is 0 Å². The van der Waals surface area contributed by atoms with E-state index < -0.39 is 51.0 Å². The number of aliphatic hydroxyl groups excluding tert-OH is 1. The molecule has 1 fully saturated rings. The third kappa shape index (κ3) is 9.06. The average Bonchev–Trinajstić information content (AvgIpc) is 3.64. The number of thiazole rings is 1. The van der Waals surface area contributed by atoms with E-state index in [1.807, 2.05) is 58.0 Å². The van der Waals surface area contributed by atoms with E-state index >= 15 is 0 Å². The third-order valence-corrected chi connectivity index (χ3v) is 10.8. The number of amides is 3. The predicted molar refractivity (Wildman–Crippen MR) is 180 cm³/mol. The average molecular weight is 703 g/mol. The molecule has 0 bridgehead atoms. The van der Waals surface area contributed by atoms with Gasteiger partial charge in [0, 0.05) is 25.0 Å². The number of carbonyl (C=O) groups excluding carboxylic acids is 2. The second kappa shape index (κ2) is 15.9. The van der Waals surface area contributed by atoms with Crippen molar-refractivity contribution in [3.8, 4) is 5.75 Å². The van der Waals surface area contributed by atoms with E-state index in [-0.39, 0.29) is 60.2 Å². The highest BCUT2D eigenvalue weighted by atomic mass is 32.2. The number of benzene rings is 2. The van der Waals surface area contributed by atoms with Crippen LogP contribution in [0, 0.1) is 27.9 Å². The Hall–Kier alpha value is -4.12. The number of sulfonamides is 1. The summed E-state index contributed by atoms with van der Waals surface area (Å²) in [5, 5.41) is 39.5. The Morgan fingerprint density at radius 3 is 2.40 bits per heavy atom. The Kier molecular flexibility index (Phi) is 12.1. The van der Waals surface area contributed by atoms with Crippen LogP contribution in [0.1, 0.15) is 39.0 Å². The lowest BCUT2D eigenvalue weighted by molar-refractivity contribution is -0.384. The standard InChI is InChI=1S/C32H42N6O8S2/c1-20(2)16-36(48(45,46)25-12-10-24(39)11-13-25)18-28(40)26(14-22-8-6-5-7-9-22)35-30(41)29(21(3)4)27-15-33-31(42)37(27)17-23-19-47-32(34-23)38(43)44/h5-13,19-21,26-29,39-40H,14-18H2,1-4H3,(H,33,42)(H,35,41)/t26-,27?,28+,29-/m0/s1. The summed E-state index contributed by atoms with van der Waals surface area (Å²) < 4.78 is 28.6. The number of aromatic hydroxyl groups is 1. The number of phenols is 1. The fourth-order valence-corrected chi connectivity index (χ4v) is 8.07. The Morgan fingerprint density at radius 1 is 1.15 bits per heavy atom. The number of nitrogens with one attached hydrogen (secondary N) is 2. The minimum Gasteiger partial charge on any atom is -0.508 e. The van der Waals surface area contributed by atoms with Gasteiger partial charge in [0.25, 0.3) is 0 Å². The maximum Gasteiger partial charge on any atom is 0.423 e. The summed E-state index contributed by atoms with van der Waals surface area (Å²) in [6.45, 7) is 7.30. The summed E-state index contributed by atoms with van der Waals surface area (Å²) in [4.78, 5) is 43.0. The number of aliphatic hydroxyl groups is 1. The molecule has 48 heavy (non-hydrogen) atoms. The van der Waals surface area contributed by atoms with Gasteiger partial charge in [0.15, 0.2) is 5.69 Å². The van der Waals surface area contributed by atoms with Crippen molar-refractivity contribution >= 4 is 38.4 Å². The van der Waals surface area contributed by atoms with Gasteiger partial charge in [-0.2, -0.15) is 4.31 Å². The van der Waals surface area contributed by atoms with Crippen molar-refractivity contribution in [2.75, 3.05) is 19.6 Å². The molecule has 16 heteroatoms. The van der Waals surface area contributed by atoms with Crippen molar-refractivity contribution in [2.45, 2.75) is 63.7 Å². The van der Waals surface area contributed by atoms with Crippen LogP contribution in [0.15, 0.2) is 64.9 Å². The van der Waals surface area contributed by atoms with Crippen LogP contribution in [0.5, 0.6) is 5.75 Å². The van der Waals surface area contributed by atoms with Gasteiger partial charge in [0.05, 0.1) is 35.5 Å². The van der Waals surface area contributed by atoms with Crippen LogP contribution in [0.2, 0.25) is 0 Å². The van der Waals surface area contributed by atoms with E-state index in [0.29, 0.717) is 5.69 Å². The molecule has 3 amide bonds. The van der Waals surface area contributed by atoms with E-state index in [1.165, 1.54) is 38.9 Å². The van der Waals surface area contributed by atoms with Gasteiger partial charge < -0.3 is 35.9 Å². The third-order valence-electron chi connectivity index (χ3n) is 8.11. The molecule has 1 saturated heterocycles. The molecule has 0 aliphatic carbocycles. The van der Waals surface area contributed by atoms with E-state index in [2.05, 4.69) is 15.6 Å². The highest BCUT2D eigenvalue weighted by Crippen LogP contribution is 2.28. The second-order valence-electron chi connectivity index (χ2n) is 12.6. The lowest BCUT2D eigenvalue weighted by Gasteiger charge is -2.35. The minimum absolute atomic E-state index is 0.0350. The number of nitro groups is 1. The summed E-state index contributed by atoms with van der Waals surface area (Å²) in [7, 11) is -4.08. The number of aromatic nitrogens is 1. The van der Waals surface area contributed by atoms with Crippen LogP contribution in [-0.4, -0.2) is 87.5 Å². The van der Waals surface area contributed by atoms with Crippen LogP contribution < -0.4 is 10.6 Å². The van der Waals surface area contributed by atoms with Crippen molar-refractivity contribution < 1.29 is 33.1 Å². The molecule has 2 aromatic carbocycles. The highest BCUT2D eigenvalue weighted by molar-refractivity contribution is 7.89. The number of urea groups is 1. The number of nitrogens with zero attached hydrogens (tertiary/aromatic N) is 4. The molecule has 3 aromatic rings. The Morgan fingerprint density at radius 2 is 1.81 bits per heavy atom.